The minimum absolute atomic E-state index is 0.00545. The lowest BCUT2D eigenvalue weighted by atomic mass is 9.71. The number of unbranched alkanes of at least 4 members (excludes halogenated alkanes) is 2. The van der Waals surface area contributed by atoms with E-state index in [4.69, 9.17) is 14.6 Å². The normalized spacial score (nSPS) is 17.1. The number of hydrogen-bond donors (Lipinski definition) is 2. The number of likely N-dealkylation sites (tertiary alicyclic amines) is 1. The van der Waals surface area contributed by atoms with Crippen LogP contribution in [0.25, 0.3) is 0 Å². The van der Waals surface area contributed by atoms with E-state index in [-0.39, 0.29) is 29.7 Å². The van der Waals surface area contributed by atoms with Crippen molar-refractivity contribution in [2.24, 2.45) is 22.7 Å². The Labute approximate surface area is 325 Å². The maximum absolute atomic E-state index is 14.6. The summed E-state index contributed by atoms with van der Waals surface area (Å²) in [4.78, 5) is 43.0. The first kappa shape index (κ1) is 49.0. The van der Waals surface area contributed by atoms with E-state index < -0.39 is 28.7 Å². The van der Waals surface area contributed by atoms with E-state index in [0.29, 0.717) is 76.8 Å². The summed E-state index contributed by atoms with van der Waals surface area (Å²) in [6.45, 7) is 29.4. The maximum Gasteiger partial charge on any atom is 0.303 e. The van der Waals surface area contributed by atoms with Gasteiger partial charge >= 0.3 is 5.97 Å². The summed E-state index contributed by atoms with van der Waals surface area (Å²) in [6.07, 6.45) is 11.8. The number of ether oxygens (including phenoxy) is 2. The van der Waals surface area contributed by atoms with Gasteiger partial charge in [0.05, 0.1) is 30.5 Å². The van der Waals surface area contributed by atoms with E-state index >= 15 is 0 Å². The Kier molecular flexibility index (Phi) is 20.9. The average Bonchev–Trinajstić information content (AvgIpc) is 3.04. The lowest BCUT2D eigenvalue weighted by Crippen LogP contribution is -2.53. The molecule has 1 rings (SSSR count). The molecule has 1 aliphatic heterocycles. The van der Waals surface area contributed by atoms with Crippen molar-refractivity contribution in [3.63, 3.8) is 0 Å². The number of rotatable bonds is 26. The number of carbonyl (C=O) groups excluding carboxylic acids is 2. The van der Waals surface area contributed by atoms with Crippen LogP contribution in [0.1, 0.15) is 173 Å². The van der Waals surface area contributed by atoms with Gasteiger partial charge in [-0.1, -0.05) is 80.2 Å². The second kappa shape index (κ2) is 22.6. The van der Waals surface area contributed by atoms with Crippen LogP contribution in [0.4, 0.5) is 0 Å². The summed E-state index contributed by atoms with van der Waals surface area (Å²) in [5.41, 5.74) is -1.05. The van der Waals surface area contributed by atoms with Crippen LogP contribution < -0.4 is 0 Å². The number of aliphatic hydroxyl groups is 1. The van der Waals surface area contributed by atoms with Gasteiger partial charge in [-0.25, -0.2) is 0 Å². The zero-order valence-electron chi connectivity index (χ0n) is 36.4. The molecule has 9 nitrogen and oxygen atoms in total. The molecule has 3 unspecified atom stereocenters. The van der Waals surface area contributed by atoms with Crippen LogP contribution in [0.2, 0.25) is 0 Å². The Morgan fingerprint density at radius 1 is 0.906 bits per heavy atom. The second-order valence-corrected chi connectivity index (χ2v) is 19.1. The third-order valence-electron chi connectivity index (χ3n) is 11.3. The molecule has 310 valence electrons. The Balaban J connectivity index is 3.01. The SMILES string of the molecule is CC=C(C)C(O)CC(C)(C)CC(C)(C)C(=O)N(CCOC(C)(C)CCOC(C)(C)CCC(=O)O)C1CCN(C(=O)CC(C)CC(C)CCCCC)CC1. The molecule has 0 radical (unpaired) electrons. The third kappa shape index (κ3) is 19.5. The fourth-order valence-corrected chi connectivity index (χ4v) is 8.09. The highest BCUT2D eigenvalue weighted by molar-refractivity contribution is 5.82. The molecule has 0 aromatic rings. The van der Waals surface area contributed by atoms with Gasteiger partial charge in [-0.15, -0.1) is 0 Å². The van der Waals surface area contributed by atoms with Gasteiger partial charge in [-0.05, 0) is 109 Å². The van der Waals surface area contributed by atoms with Gasteiger partial charge < -0.3 is 29.5 Å². The minimum Gasteiger partial charge on any atom is -0.481 e. The van der Waals surface area contributed by atoms with Crippen LogP contribution in [-0.2, 0) is 23.9 Å². The smallest absolute Gasteiger partial charge is 0.303 e. The molecule has 9 heteroatoms. The summed E-state index contributed by atoms with van der Waals surface area (Å²) in [6, 6.07) is 0.00545. The van der Waals surface area contributed by atoms with Gasteiger partial charge in [-0.3, -0.25) is 14.4 Å². The Hall–Kier alpha value is -1.97. The summed E-state index contributed by atoms with van der Waals surface area (Å²) < 4.78 is 12.5. The van der Waals surface area contributed by atoms with Crippen molar-refractivity contribution in [2.45, 2.75) is 197 Å². The van der Waals surface area contributed by atoms with E-state index in [0.717, 1.165) is 24.8 Å². The van der Waals surface area contributed by atoms with Crippen LogP contribution in [0.5, 0.6) is 0 Å². The van der Waals surface area contributed by atoms with Crippen molar-refractivity contribution in [1.82, 2.24) is 9.80 Å². The molecule has 1 saturated heterocycles. The molecule has 0 aromatic heterocycles. The van der Waals surface area contributed by atoms with Gasteiger partial charge in [0.2, 0.25) is 11.8 Å². The predicted octanol–water partition coefficient (Wildman–Crippen LogP) is 9.44. The molecule has 0 spiro atoms. The number of allylic oxidation sites excluding steroid dienone is 1. The molecule has 0 aromatic carbocycles. The monoisotopic (exact) mass is 751 g/mol. The van der Waals surface area contributed by atoms with Gasteiger partial charge in [0.1, 0.15) is 0 Å². The average molecular weight is 751 g/mol. The minimum atomic E-state index is -0.831. The van der Waals surface area contributed by atoms with Gasteiger partial charge in [0.15, 0.2) is 0 Å². The van der Waals surface area contributed by atoms with Crippen molar-refractivity contribution in [3.8, 4) is 0 Å². The summed E-state index contributed by atoms with van der Waals surface area (Å²) in [7, 11) is 0. The van der Waals surface area contributed by atoms with E-state index in [1.54, 1.807) is 0 Å². The number of aliphatic hydroxyl groups excluding tert-OH is 1. The number of nitrogens with zero attached hydrogens (tertiary/aromatic N) is 2. The van der Waals surface area contributed by atoms with Crippen LogP contribution in [0, 0.1) is 22.7 Å². The molecule has 1 aliphatic rings. The van der Waals surface area contributed by atoms with Crippen molar-refractivity contribution in [2.75, 3.05) is 32.8 Å². The van der Waals surface area contributed by atoms with Gasteiger partial charge in [0, 0.05) is 43.9 Å². The molecule has 1 fully saturated rings. The molecule has 2 amide bonds. The molecule has 53 heavy (non-hydrogen) atoms. The Morgan fingerprint density at radius 3 is 2.06 bits per heavy atom. The quantitative estimate of drug-likeness (QED) is 0.0669. The van der Waals surface area contributed by atoms with E-state index in [1.807, 2.05) is 71.3 Å². The Morgan fingerprint density at radius 2 is 1.49 bits per heavy atom. The number of aliphatic carboxylic acids is 1. The second-order valence-electron chi connectivity index (χ2n) is 19.1. The number of hydrogen-bond acceptors (Lipinski definition) is 6. The first-order chi connectivity index (χ1) is 24.4. The van der Waals surface area contributed by atoms with Gasteiger partial charge in [0.25, 0.3) is 0 Å². The molecular formula is C44H82N2O7. The number of carboxylic acids is 1. The lowest BCUT2D eigenvalue weighted by molar-refractivity contribution is -0.149. The molecule has 2 N–H and O–H groups in total. The fourth-order valence-electron chi connectivity index (χ4n) is 8.09. The first-order valence-corrected chi connectivity index (χ1v) is 20.8. The number of carbonyl (C=O) groups is 3. The summed E-state index contributed by atoms with van der Waals surface area (Å²) in [5, 5.41) is 19.9. The van der Waals surface area contributed by atoms with Crippen molar-refractivity contribution in [1.29, 1.82) is 0 Å². The highest BCUT2D eigenvalue weighted by Gasteiger charge is 2.41. The highest BCUT2D eigenvalue weighted by atomic mass is 16.5. The van der Waals surface area contributed by atoms with Crippen LogP contribution in [0.3, 0.4) is 0 Å². The van der Waals surface area contributed by atoms with Crippen LogP contribution in [-0.4, -0.2) is 94.0 Å². The molecule has 0 saturated carbocycles. The van der Waals surface area contributed by atoms with Crippen molar-refractivity contribution in [3.05, 3.63) is 11.6 Å². The first-order valence-electron chi connectivity index (χ1n) is 20.8. The molecular weight excluding hydrogens is 668 g/mol. The lowest BCUT2D eigenvalue weighted by Gasteiger charge is -2.44. The van der Waals surface area contributed by atoms with Crippen molar-refractivity contribution >= 4 is 17.8 Å². The predicted molar refractivity (Wildman–Crippen MR) is 217 cm³/mol. The zero-order valence-corrected chi connectivity index (χ0v) is 36.4. The summed E-state index contributed by atoms with van der Waals surface area (Å²) >= 11 is 0. The summed E-state index contributed by atoms with van der Waals surface area (Å²) in [5.74, 6) is 0.473. The number of piperidine rings is 1. The van der Waals surface area contributed by atoms with E-state index in [2.05, 4.69) is 34.6 Å². The van der Waals surface area contributed by atoms with E-state index in [1.165, 1.54) is 25.7 Å². The van der Waals surface area contributed by atoms with Gasteiger partial charge in [-0.2, -0.15) is 0 Å². The molecule has 3 atom stereocenters. The molecule has 0 bridgehead atoms. The zero-order chi connectivity index (χ0) is 40.6. The fraction of sp³-hybridized carbons (Fsp3) is 0.886. The third-order valence-corrected chi connectivity index (χ3v) is 11.3. The largest absolute Gasteiger partial charge is 0.481 e. The van der Waals surface area contributed by atoms with Crippen molar-refractivity contribution < 1.29 is 34.1 Å². The Bertz CT molecular complexity index is 1140. The number of amides is 2. The van der Waals surface area contributed by atoms with E-state index in [9.17, 15) is 19.5 Å². The molecule has 1 heterocycles. The standard InChI is InChI=1S/C44H82N2O7/c1-14-16-17-18-33(3)29-34(4)30-38(48)45-24-20-36(21-25-45)46(40(51)42(8,9)32-41(6,7)31-37(47)35(5)15-2)26-28-53-44(12,13)23-27-52-43(10,11)22-19-39(49)50/h15,33-34,36-37,47H,14,16-32H2,1-13H3,(H,49,50). The maximum atomic E-state index is 14.6. The number of carboxylic acid groups (broad SMARTS) is 1. The van der Waals surface area contributed by atoms with Crippen LogP contribution >= 0.6 is 0 Å². The van der Waals surface area contributed by atoms with Crippen LogP contribution in [0.15, 0.2) is 11.6 Å². The highest BCUT2D eigenvalue weighted by Crippen LogP contribution is 2.40. The topological polar surface area (TPSA) is 117 Å². The molecule has 0 aliphatic carbocycles.